The van der Waals surface area contributed by atoms with E-state index in [0.29, 0.717) is 6.61 Å². The molecule has 1 aromatic carbocycles. The maximum Gasteiger partial charge on any atom is 0.262 e. The van der Waals surface area contributed by atoms with Gasteiger partial charge in [-0.1, -0.05) is 30.3 Å². The largest absolute Gasteiger partial charge is 0.383 e. The molecule has 1 unspecified atom stereocenters. The van der Waals surface area contributed by atoms with Gasteiger partial charge in [-0.2, -0.15) is 0 Å². The standard InChI is InChI=1S/C11H16N2O3/c1-15-8-10(12)11(14)13-16-7-9-5-3-2-4-6-9/h2-6,10H,7-8,12H2,1H3,(H,13,14). The fourth-order valence-corrected chi connectivity index (χ4v) is 1.10. The van der Waals surface area contributed by atoms with Crippen LogP contribution in [-0.2, 0) is 21.0 Å². The molecule has 0 fully saturated rings. The van der Waals surface area contributed by atoms with E-state index in [-0.39, 0.29) is 6.61 Å². The van der Waals surface area contributed by atoms with Gasteiger partial charge in [0.2, 0.25) is 0 Å². The summed E-state index contributed by atoms with van der Waals surface area (Å²) in [5.41, 5.74) is 8.74. The molecule has 0 aliphatic carbocycles. The summed E-state index contributed by atoms with van der Waals surface area (Å²) in [7, 11) is 1.48. The van der Waals surface area contributed by atoms with Gasteiger partial charge in [0.1, 0.15) is 6.04 Å². The van der Waals surface area contributed by atoms with Crippen LogP contribution in [0.25, 0.3) is 0 Å². The van der Waals surface area contributed by atoms with Gasteiger partial charge in [0.25, 0.3) is 5.91 Å². The lowest BCUT2D eigenvalue weighted by molar-refractivity contribution is -0.137. The van der Waals surface area contributed by atoms with Gasteiger partial charge < -0.3 is 10.5 Å². The molecule has 0 saturated heterocycles. The second-order valence-corrected chi connectivity index (χ2v) is 3.30. The molecule has 0 heterocycles. The summed E-state index contributed by atoms with van der Waals surface area (Å²) in [5, 5.41) is 0. The van der Waals surface area contributed by atoms with E-state index in [1.165, 1.54) is 7.11 Å². The lowest BCUT2D eigenvalue weighted by atomic mass is 10.2. The van der Waals surface area contributed by atoms with Crippen molar-refractivity contribution in [3.05, 3.63) is 35.9 Å². The summed E-state index contributed by atoms with van der Waals surface area (Å²) in [5.74, 6) is -0.391. The zero-order valence-electron chi connectivity index (χ0n) is 9.18. The SMILES string of the molecule is COCC(N)C(=O)NOCc1ccccc1. The van der Waals surface area contributed by atoms with E-state index in [1.807, 2.05) is 30.3 Å². The molecule has 0 spiro atoms. The molecule has 88 valence electrons. The van der Waals surface area contributed by atoms with Gasteiger partial charge in [-0.25, -0.2) is 5.48 Å². The molecule has 5 nitrogen and oxygen atoms in total. The summed E-state index contributed by atoms with van der Waals surface area (Å²) in [6.45, 7) is 0.479. The Labute approximate surface area is 94.5 Å². The second kappa shape index (κ2) is 6.95. The zero-order chi connectivity index (χ0) is 11.8. The van der Waals surface area contributed by atoms with Gasteiger partial charge in [0, 0.05) is 7.11 Å². The second-order valence-electron chi connectivity index (χ2n) is 3.30. The van der Waals surface area contributed by atoms with Crippen molar-refractivity contribution in [3.63, 3.8) is 0 Å². The van der Waals surface area contributed by atoms with Crippen LogP contribution in [0.5, 0.6) is 0 Å². The van der Waals surface area contributed by atoms with E-state index in [0.717, 1.165) is 5.56 Å². The molecule has 0 aliphatic rings. The highest BCUT2D eigenvalue weighted by Gasteiger charge is 2.12. The fourth-order valence-electron chi connectivity index (χ4n) is 1.10. The van der Waals surface area contributed by atoms with Crippen LogP contribution < -0.4 is 11.2 Å². The van der Waals surface area contributed by atoms with Gasteiger partial charge in [-0.3, -0.25) is 9.63 Å². The van der Waals surface area contributed by atoms with E-state index in [2.05, 4.69) is 5.48 Å². The van der Waals surface area contributed by atoms with Crippen molar-refractivity contribution in [1.82, 2.24) is 5.48 Å². The minimum absolute atomic E-state index is 0.167. The number of carbonyl (C=O) groups excluding carboxylic acids is 1. The molecular formula is C11H16N2O3. The number of hydrogen-bond acceptors (Lipinski definition) is 4. The summed E-state index contributed by atoms with van der Waals surface area (Å²) in [6.07, 6.45) is 0. The van der Waals surface area contributed by atoms with Gasteiger partial charge in [0.15, 0.2) is 0 Å². The van der Waals surface area contributed by atoms with Crippen molar-refractivity contribution in [2.24, 2.45) is 5.73 Å². The first-order valence-corrected chi connectivity index (χ1v) is 4.94. The summed E-state index contributed by atoms with van der Waals surface area (Å²) in [6, 6.07) is 8.81. The molecule has 0 bridgehead atoms. The van der Waals surface area contributed by atoms with E-state index in [1.54, 1.807) is 0 Å². The molecule has 5 heteroatoms. The van der Waals surface area contributed by atoms with Gasteiger partial charge in [0.05, 0.1) is 13.2 Å². The van der Waals surface area contributed by atoms with Crippen LogP contribution in [0.4, 0.5) is 0 Å². The molecule has 1 amide bonds. The molecule has 1 atom stereocenters. The van der Waals surface area contributed by atoms with Gasteiger partial charge in [-0.05, 0) is 5.56 Å². The number of hydrogen-bond donors (Lipinski definition) is 2. The van der Waals surface area contributed by atoms with Crippen molar-refractivity contribution in [1.29, 1.82) is 0 Å². The monoisotopic (exact) mass is 224 g/mol. The minimum atomic E-state index is -0.708. The van der Waals surface area contributed by atoms with Crippen LogP contribution in [0.3, 0.4) is 0 Å². The smallest absolute Gasteiger partial charge is 0.262 e. The highest BCUT2D eigenvalue weighted by Crippen LogP contribution is 1.98. The Morgan fingerprint density at radius 2 is 2.12 bits per heavy atom. The maximum absolute atomic E-state index is 11.3. The Kier molecular flexibility index (Phi) is 5.49. The molecule has 0 radical (unpaired) electrons. The maximum atomic E-state index is 11.3. The molecule has 1 aromatic rings. The van der Waals surface area contributed by atoms with Crippen molar-refractivity contribution >= 4 is 5.91 Å². The number of amides is 1. The first-order valence-electron chi connectivity index (χ1n) is 4.94. The third kappa shape index (κ3) is 4.39. The third-order valence-corrected chi connectivity index (χ3v) is 1.94. The average Bonchev–Trinajstić information content (AvgIpc) is 2.30. The number of ether oxygens (including phenoxy) is 1. The predicted molar refractivity (Wildman–Crippen MR) is 59.2 cm³/mol. The number of rotatable bonds is 6. The molecular weight excluding hydrogens is 208 g/mol. The van der Waals surface area contributed by atoms with Crippen LogP contribution in [0.2, 0.25) is 0 Å². The Bertz CT molecular complexity index is 316. The molecule has 1 rings (SSSR count). The highest BCUT2D eigenvalue weighted by atomic mass is 16.7. The predicted octanol–water partition coefficient (Wildman–Crippen LogP) is 0.208. The number of nitrogens with one attached hydrogen (secondary N) is 1. The summed E-state index contributed by atoms with van der Waals surface area (Å²) >= 11 is 0. The molecule has 16 heavy (non-hydrogen) atoms. The van der Waals surface area contributed by atoms with E-state index in [9.17, 15) is 4.79 Å². The van der Waals surface area contributed by atoms with Crippen molar-refractivity contribution in [2.45, 2.75) is 12.6 Å². The Morgan fingerprint density at radius 1 is 1.44 bits per heavy atom. The zero-order valence-corrected chi connectivity index (χ0v) is 9.18. The number of methoxy groups -OCH3 is 1. The first kappa shape index (κ1) is 12.6. The first-order chi connectivity index (χ1) is 7.74. The van der Waals surface area contributed by atoms with Gasteiger partial charge >= 0.3 is 0 Å². The van der Waals surface area contributed by atoms with E-state index < -0.39 is 11.9 Å². The Balaban J connectivity index is 2.23. The number of benzene rings is 1. The van der Waals surface area contributed by atoms with E-state index >= 15 is 0 Å². The fraction of sp³-hybridized carbons (Fsp3) is 0.364. The van der Waals surface area contributed by atoms with Gasteiger partial charge in [-0.15, -0.1) is 0 Å². The minimum Gasteiger partial charge on any atom is -0.383 e. The topological polar surface area (TPSA) is 73.6 Å². The van der Waals surface area contributed by atoms with Crippen molar-refractivity contribution in [2.75, 3.05) is 13.7 Å². The normalized spacial score (nSPS) is 12.1. The van der Waals surface area contributed by atoms with E-state index in [4.69, 9.17) is 15.3 Å². The summed E-state index contributed by atoms with van der Waals surface area (Å²) < 4.78 is 4.75. The molecule has 0 saturated carbocycles. The summed E-state index contributed by atoms with van der Waals surface area (Å²) in [4.78, 5) is 16.3. The number of hydroxylamine groups is 1. The van der Waals surface area contributed by atoms with Crippen LogP contribution >= 0.6 is 0 Å². The number of nitrogens with two attached hydrogens (primary N) is 1. The quantitative estimate of drug-likeness (QED) is 0.677. The Hall–Kier alpha value is -1.43. The Morgan fingerprint density at radius 3 is 2.75 bits per heavy atom. The van der Waals surface area contributed by atoms with Crippen LogP contribution in [0.1, 0.15) is 5.56 Å². The lowest BCUT2D eigenvalue weighted by Crippen LogP contribution is -2.43. The average molecular weight is 224 g/mol. The van der Waals surface area contributed by atoms with Crippen LogP contribution in [0.15, 0.2) is 30.3 Å². The lowest BCUT2D eigenvalue weighted by Gasteiger charge is -2.10. The highest BCUT2D eigenvalue weighted by molar-refractivity contribution is 5.80. The molecule has 0 aliphatic heterocycles. The van der Waals surface area contributed by atoms with Crippen molar-refractivity contribution < 1.29 is 14.4 Å². The van der Waals surface area contributed by atoms with Crippen LogP contribution in [-0.4, -0.2) is 25.7 Å². The molecule has 0 aromatic heterocycles. The molecule has 3 N–H and O–H groups in total. The van der Waals surface area contributed by atoms with Crippen molar-refractivity contribution in [3.8, 4) is 0 Å². The number of carbonyl (C=O) groups is 1. The third-order valence-electron chi connectivity index (χ3n) is 1.94. The van der Waals surface area contributed by atoms with Crippen LogP contribution in [0, 0.1) is 0 Å².